The smallest absolute Gasteiger partial charge is 0.307 e. The molecule has 0 aliphatic heterocycles. The van der Waals surface area contributed by atoms with E-state index >= 15 is 0 Å². The van der Waals surface area contributed by atoms with Crippen molar-refractivity contribution in [3.05, 3.63) is 47.7 Å². The Kier molecular flexibility index (Phi) is 4.95. The van der Waals surface area contributed by atoms with Crippen LogP contribution in [-0.2, 0) is 9.53 Å². The van der Waals surface area contributed by atoms with Gasteiger partial charge >= 0.3 is 5.97 Å². The summed E-state index contributed by atoms with van der Waals surface area (Å²) in [5.74, 6) is 0.483. The van der Waals surface area contributed by atoms with Gasteiger partial charge < -0.3 is 4.74 Å². The Balaban J connectivity index is 2.74. The molecule has 0 bridgehead atoms. The van der Waals surface area contributed by atoms with Crippen molar-refractivity contribution in [2.75, 3.05) is 0 Å². The summed E-state index contributed by atoms with van der Waals surface area (Å²) in [4.78, 5) is 10.6. The largest absolute Gasteiger partial charge is 0.435 e. The third-order valence-corrected chi connectivity index (χ3v) is 2.70. The number of hydrogen-bond donors (Lipinski definition) is 0. The number of benzene rings is 1. The molecule has 92 valence electrons. The molecule has 0 aliphatic rings. The molecule has 1 aromatic rings. The third-order valence-electron chi connectivity index (χ3n) is 2.70. The first kappa shape index (κ1) is 13.5. The second-order valence-electron chi connectivity index (χ2n) is 4.55. The molecule has 1 rings (SSSR count). The van der Waals surface area contributed by atoms with Crippen molar-refractivity contribution in [2.45, 2.75) is 39.5 Å². The molecule has 2 heteroatoms. The maximum atomic E-state index is 10.6. The summed E-state index contributed by atoms with van der Waals surface area (Å²) in [6.07, 6.45) is 3.36. The number of rotatable bonds is 4. The van der Waals surface area contributed by atoms with Crippen LogP contribution in [0.15, 0.2) is 36.6 Å². The molecule has 0 saturated carbocycles. The molecule has 1 atom stereocenters. The van der Waals surface area contributed by atoms with Crippen molar-refractivity contribution in [1.82, 2.24) is 0 Å². The van der Waals surface area contributed by atoms with E-state index in [2.05, 4.69) is 45.0 Å². The van der Waals surface area contributed by atoms with E-state index in [0.29, 0.717) is 5.92 Å². The number of hydrogen-bond acceptors (Lipinski definition) is 2. The van der Waals surface area contributed by atoms with Gasteiger partial charge in [-0.3, -0.25) is 4.79 Å². The normalized spacial score (nSPS) is 13.0. The maximum Gasteiger partial charge on any atom is 0.307 e. The average Bonchev–Trinajstić information content (AvgIpc) is 2.28. The summed E-state index contributed by atoms with van der Waals surface area (Å²) < 4.78 is 4.79. The summed E-state index contributed by atoms with van der Waals surface area (Å²) in [7, 11) is 0. The van der Waals surface area contributed by atoms with Crippen LogP contribution in [0, 0.1) is 0 Å². The molecular formula is C15H20O2. The van der Waals surface area contributed by atoms with Gasteiger partial charge in [-0.15, -0.1) is 0 Å². The zero-order chi connectivity index (χ0) is 12.8. The maximum absolute atomic E-state index is 10.6. The highest BCUT2D eigenvalue weighted by molar-refractivity contribution is 5.66. The molecule has 1 aromatic carbocycles. The van der Waals surface area contributed by atoms with Crippen molar-refractivity contribution in [3.8, 4) is 0 Å². The van der Waals surface area contributed by atoms with E-state index in [9.17, 15) is 4.79 Å². The van der Waals surface area contributed by atoms with Gasteiger partial charge in [0.2, 0.25) is 0 Å². The molecule has 0 saturated heterocycles. The van der Waals surface area contributed by atoms with Gasteiger partial charge in [-0.1, -0.05) is 45.0 Å². The van der Waals surface area contributed by atoms with E-state index in [1.54, 1.807) is 0 Å². The number of ether oxygens (including phenoxy) is 1. The number of carbonyl (C=O) groups excluding carboxylic acids is 1. The summed E-state index contributed by atoms with van der Waals surface area (Å²) in [6, 6.07) is 8.50. The molecule has 0 heterocycles. The molecule has 1 unspecified atom stereocenters. The van der Waals surface area contributed by atoms with Gasteiger partial charge in [0.25, 0.3) is 0 Å². The fourth-order valence-corrected chi connectivity index (χ4v) is 1.57. The minimum Gasteiger partial charge on any atom is -0.435 e. The summed E-state index contributed by atoms with van der Waals surface area (Å²) >= 11 is 0. The van der Waals surface area contributed by atoms with Crippen LogP contribution in [0.4, 0.5) is 0 Å². The zero-order valence-corrected chi connectivity index (χ0v) is 10.9. The highest BCUT2D eigenvalue weighted by Gasteiger charge is 2.04. The van der Waals surface area contributed by atoms with Crippen LogP contribution in [0.2, 0.25) is 0 Å². The average molecular weight is 232 g/mol. The molecule has 0 aromatic heterocycles. The van der Waals surface area contributed by atoms with E-state index in [0.717, 1.165) is 0 Å². The fraction of sp³-hybridized carbons (Fsp3) is 0.400. The number of carbonyl (C=O) groups is 1. The predicted molar refractivity (Wildman–Crippen MR) is 69.9 cm³/mol. The van der Waals surface area contributed by atoms with Crippen LogP contribution in [0.1, 0.15) is 50.7 Å². The Morgan fingerprint density at radius 3 is 2.47 bits per heavy atom. The number of esters is 1. The topological polar surface area (TPSA) is 26.3 Å². The molecule has 0 spiro atoms. The lowest BCUT2D eigenvalue weighted by atomic mass is 9.95. The molecule has 0 radical (unpaired) electrons. The molecule has 0 aliphatic carbocycles. The predicted octanol–water partition coefficient (Wildman–Crippen LogP) is 3.99. The van der Waals surface area contributed by atoms with E-state index in [4.69, 9.17) is 4.74 Å². The Morgan fingerprint density at radius 1 is 1.24 bits per heavy atom. The monoisotopic (exact) mass is 232 g/mol. The number of allylic oxidation sites excluding steroid dienone is 1. The van der Waals surface area contributed by atoms with Crippen molar-refractivity contribution in [1.29, 1.82) is 0 Å². The van der Waals surface area contributed by atoms with E-state index < -0.39 is 0 Å². The SMILES string of the molecule is CC(=O)OC=CC(C)c1cccc(C(C)C)c1. The minimum atomic E-state index is -0.288. The molecule has 0 N–H and O–H groups in total. The first-order valence-corrected chi connectivity index (χ1v) is 5.94. The molecular weight excluding hydrogens is 212 g/mol. The van der Waals surface area contributed by atoms with Crippen LogP contribution >= 0.6 is 0 Å². The molecule has 0 amide bonds. The lowest BCUT2D eigenvalue weighted by Crippen LogP contribution is -1.95. The summed E-state index contributed by atoms with van der Waals surface area (Å²) in [6.45, 7) is 7.84. The third kappa shape index (κ3) is 4.43. The van der Waals surface area contributed by atoms with Crippen LogP contribution in [0.5, 0.6) is 0 Å². The standard InChI is InChI=1S/C15H20O2/c1-11(2)14-6-5-7-15(10-14)12(3)8-9-17-13(4)16/h5-12H,1-4H3. The lowest BCUT2D eigenvalue weighted by Gasteiger charge is -2.11. The van der Waals surface area contributed by atoms with Gasteiger partial charge in [0.15, 0.2) is 0 Å². The van der Waals surface area contributed by atoms with Gasteiger partial charge in [0, 0.05) is 12.8 Å². The second-order valence-corrected chi connectivity index (χ2v) is 4.55. The first-order chi connectivity index (χ1) is 8.00. The van der Waals surface area contributed by atoms with Crippen molar-refractivity contribution in [3.63, 3.8) is 0 Å². The first-order valence-electron chi connectivity index (χ1n) is 5.94. The fourth-order valence-electron chi connectivity index (χ4n) is 1.57. The van der Waals surface area contributed by atoms with Crippen LogP contribution in [-0.4, -0.2) is 5.97 Å². The van der Waals surface area contributed by atoms with Crippen LogP contribution in [0.25, 0.3) is 0 Å². The van der Waals surface area contributed by atoms with E-state index in [1.165, 1.54) is 24.3 Å². The van der Waals surface area contributed by atoms with E-state index in [1.807, 2.05) is 6.08 Å². The Morgan fingerprint density at radius 2 is 1.88 bits per heavy atom. The van der Waals surface area contributed by atoms with Crippen LogP contribution in [0.3, 0.4) is 0 Å². The van der Waals surface area contributed by atoms with Crippen molar-refractivity contribution >= 4 is 5.97 Å². The highest BCUT2D eigenvalue weighted by atomic mass is 16.5. The summed E-state index contributed by atoms with van der Waals surface area (Å²) in [5.41, 5.74) is 2.56. The van der Waals surface area contributed by atoms with Crippen molar-refractivity contribution in [2.24, 2.45) is 0 Å². The van der Waals surface area contributed by atoms with Gasteiger partial charge in [-0.2, -0.15) is 0 Å². The lowest BCUT2D eigenvalue weighted by molar-refractivity contribution is -0.135. The molecule has 2 nitrogen and oxygen atoms in total. The second kappa shape index (κ2) is 6.24. The minimum absolute atomic E-state index is 0.244. The van der Waals surface area contributed by atoms with Gasteiger partial charge in [0.1, 0.15) is 0 Å². The van der Waals surface area contributed by atoms with Gasteiger partial charge in [-0.05, 0) is 23.1 Å². The molecule has 0 fully saturated rings. The molecule has 17 heavy (non-hydrogen) atoms. The Bertz CT molecular complexity index is 405. The van der Waals surface area contributed by atoms with E-state index in [-0.39, 0.29) is 11.9 Å². The highest BCUT2D eigenvalue weighted by Crippen LogP contribution is 2.22. The Labute approximate surface area is 103 Å². The quantitative estimate of drug-likeness (QED) is 0.579. The Hall–Kier alpha value is -1.57. The van der Waals surface area contributed by atoms with Gasteiger partial charge in [-0.25, -0.2) is 0 Å². The van der Waals surface area contributed by atoms with Crippen LogP contribution < -0.4 is 0 Å². The zero-order valence-electron chi connectivity index (χ0n) is 10.9. The summed E-state index contributed by atoms with van der Waals surface area (Å²) in [5, 5.41) is 0. The van der Waals surface area contributed by atoms with Gasteiger partial charge in [0.05, 0.1) is 6.26 Å². The van der Waals surface area contributed by atoms with Crippen molar-refractivity contribution < 1.29 is 9.53 Å².